The Morgan fingerprint density at radius 2 is 1.66 bits per heavy atom. The van der Waals surface area contributed by atoms with Gasteiger partial charge in [0.25, 0.3) is 5.56 Å². The summed E-state index contributed by atoms with van der Waals surface area (Å²) in [5.41, 5.74) is 1.06. The van der Waals surface area contributed by atoms with Crippen LogP contribution in [0.15, 0.2) is 52.2 Å². The number of halogens is 3. The second kappa shape index (κ2) is 6.70. The SMILES string of the molecule is CNS(=O)(=O)c1ccc2c(c1)c1c(c(=O)n2-c2ccc(C(F)(F)F)cc2)CCC1. The van der Waals surface area contributed by atoms with Crippen molar-refractivity contribution >= 4 is 20.9 Å². The number of alkyl halides is 3. The molecule has 1 N–H and O–H groups in total. The van der Waals surface area contributed by atoms with Gasteiger partial charge in [0.1, 0.15) is 0 Å². The van der Waals surface area contributed by atoms with Crippen molar-refractivity contribution in [1.82, 2.24) is 9.29 Å². The summed E-state index contributed by atoms with van der Waals surface area (Å²) in [6, 6.07) is 8.80. The van der Waals surface area contributed by atoms with Crippen LogP contribution in [0.3, 0.4) is 0 Å². The lowest BCUT2D eigenvalue weighted by molar-refractivity contribution is -0.137. The van der Waals surface area contributed by atoms with E-state index in [0.717, 1.165) is 24.1 Å². The fraction of sp³-hybridized carbons (Fsp3) is 0.250. The second-order valence-electron chi connectivity index (χ2n) is 6.88. The van der Waals surface area contributed by atoms with Crippen LogP contribution in [-0.2, 0) is 29.0 Å². The van der Waals surface area contributed by atoms with Crippen molar-refractivity contribution in [3.8, 4) is 5.69 Å². The maximum absolute atomic E-state index is 13.1. The van der Waals surface area contributed by atoms with Crippen molar-refractivity contribution in [2.45, 2.75) is 30.3 Å². The average Bonchev–Trinajstić information content (AvgIpc) is 3.18. The molecule has 3 aromatic rings. The Labute approximate surface area is 164 Å². The first kappa shape index (κ1) is 19.7. The van der Waals surface area contributed by atoms with Gasteiger partial charge >= 0.3 is 6.18 Å². The number of nitrogens with zero attached hydrogens (tertiary/aromatic N) is 1. The van der Waals surface area contributed by atoms with Gasteiger partial charge in [-0.3, -0.25) is 9.36 Å². The van der Waals surface area contributed by atoms with Crippen LogP contribution in [0, 0.1) is 0 Å². The zero-order chi connectivity index (χ0) is 21.0. The minimum Gasteiger partial charge on any atom is -0.277 e. The van der Waals surface area contributed by atoms with Crippen LogP contribution in [0.25, 0.3) is 16.6 Å². The highest BCUT2D eigenvalue weighted by molar-refractivity contribution is 7.89. The summed E-state index contributed by atoms with van der Waals surface area (Å²) in [5, 5.41) is 0.619. The highest BCUT2D eigenvalue weighted by Gasteiger charge is 2.30. The number of fused-ring (bicyclic) bond motifs is 3. The molecule has 0 aliphatic heterocycles. The Morgan fingerprint density at radius 3 is 2.28 bits per heavy atom. The molecular weight excluding hydrogens is 405 g/mol. The Balaban J connectivity index is 2.01. The number of rotatable bonds is 3. The molecule has 0 saturated carbocycles. The van der Waals surface area contributed by atoms with Gasteiger partial charge in [-0.15, -0.1) is 0 Å². The number of hydrogen-bond acceptors (Lipinski definition) is 3. The monoisotopic (exact) mass is 422 g/mol. The van der Waals surface area contributed by atoms with E-state index in [-0.39, 0.29) is 10.5 Å². The lowest BCUT2D eigenvalue weighted by atomic mass is 10.0. The molecule has 9 heteroatoms. The smallest absolute Gasteiger partial charge is 0.277 e. The molecule has 5 nitrogen and oxygen atoms in total. The third-order valence-electron chi connectivity index (χ3n) is 5.24. The number of hydrogen-bond donors (Lipinski definition) is 1. The Morgan fingerprint density at radius 1 is 1.00 bits per heavy atom. The van der Waals surface area contributed by atoms with Crippen LogP contribution in [0.5, 0.6) is 0 Å². The van der Waals surface area contributed by atoms with Crippen molar-refractivity contribution in [2.24, 2.45) is 0 Å². The zero-order valence-corrected chi connectivity index (χ0v) is 16.2. The predicted octanol–water partition coefficient (Wildman–Crippen LogP) is 3.41. The van der Waals surface area contributed by atoms with Gasteiger partial charge in [-0.25, -0.2) is 13.1 Å². The van der Waals surface area contributed by atoms with Crippen LogP contribution in [0.2, 0.25) is 0 Å². The summed E-state index contributed by atoms with van der Waals surface area (Å²) in [4.78, 5) is 13.2. The summed E-state index contributed by atoms with van der Waals surface area (Å²) in [6.07, 6.45) is -2.51. The minimum atomic E-state index is -4.47. The molecular formula is C20H17F3N2O3S. The van der Waals surface area contributed by atoms with Crippen LogP contribution in [0.4, 0.5) is 13.2 Å². The Kier molecular flexibility index (Phi) is 4.54. The summed E-state index contributed by atoms with van der Waals surface area (Å²) < 4.78 is 66.7. The molecule has 1 aliphatic carbocycles. The Bertz CT molecular complexity index is 1280. The van der Waals surface area contributed by atoms with Gasteiger partial charge in [0.15, 0.2) is 0 Å². The van der Waals surface area contributed by atoms with E-state index in [2.05, 4.69) is 4.72 Å². The number of aryl methyl sites for hydroxylation is 1. The van der Waals surface area contributed by atoms with Gasteiger partial charge in [0, 0.05) is 16.6 Å². The van der Waals surface area contributed by atoms with Gasteiger partial charge in [-0.2, -0.15) is 13.2 Å². The van der Waals surface area contributed by atoms with E-state index in [1.54, 1.807) is 0 Å². The lowest BCUT2D eigenvalue weighted by Crippen LogP contribution is -2.24. The average molecular weight is 422 g/mol. The molecule has 1 heterocycles. The van der Waals surface area contributed by atoms with Gasteiger partial charge in [0.05, 0.1) is 16.0 Å². The van der Waals surface area contributed by atoms with Gasteiger partial charge in [-0.05, 0) is 74.3 Å². The van der Waals surface area contributed by atoms with Crippen LogP contribution >= 0.6 is 0 Å². The van der Waals surface area contributed by atoms with E-state index in [1.165, 1.54) is 41.9 Å². The maximum Gasteiger partial charge on any atom is 0.416 e. The number of aromatic nitrogens is 1. The first-order chi connectivity index (χ1) is 13.6. The van der Waals surface area contributed by atoms with Crippen molar-refractivity contribution in [1.29, 1.82) is 0 Å². The fourth-order valence-corrected chi connectivity index (χ4v) is 4.57. The standard InChI is InChI=1S/C20H17F3N2O3S/c1-24-29(27,28)14-9-10-18-17(11-14)15-3-2-4-16(15)19(26)25(18)13-7-5-12(6-8-13)20(21,22)23/h5-11,24H,2-4H2,1H3. The van der Waals surface area contributed by atoms with Gasteiger partial charge in [0.2, 0.25) is 10.0 Å². The number of benzene rings is 2. The third-order valence-corrected chi connectivity index (χ3v) is 6.66. The topological polar surface area (TPSA) is 68.2 Å². The molecule has 0 amide bonds. The predicted molar refractivity (Wildman–Crippen MR) is 103 cm³/mol. The molecule has 4 rings (SSSR count). The second-order valence-corrected chi connectivity index (χ2v) is 8.77. The third kappa shape index (κ3) is 3.24. The highest BCUT2D eigenvalue weighted by atomic mass is 32.2. The van der Waals surface area contributed by atoms with E-state index in [9.17, 15) is 26.4 Å². The highest BCUT2D eigenvalue weighted by Crippen LogP contribution is 2.32. The minimum absolute atomic E-state index is 0.0687. The first-order valence-electron chi connectivity index (χ1n) is 8.95. The van der Waals surface area contributed by atoms with Crippen molar-refractivity contribution < 1.29 is 21.6 Å². The number of sulfonamides is 1. The van der Waals surface area contributed by atoms with Crippen LogP contribution in [0.1, 0.15) is 23.1 Å². The van der Waals surface area contributed by atoms with E-state index in [1.807, 2.05) is 0 Å². The maximum atomic E-state index is 13.1. The van der Waals surface area contributed by atoms with Crippen LogP contribution in [-0.4, -0.2) is 20.0 Å². The molecule has 152 valence electrons. The molecule has 2 aromatic carbocycles. The first-order valence-corrected chi connectivity index (χ1v) is 10.4. The molecule has 0 radical (unpaired) electrons. The van der Waals surface area contributed by atoms with Crippen molar-refractivity contribution in [2.75, 3.05) is 7.05 Å². The van der Waals surface area contributed by atoms with E-state index in [0.29, 0.717) is 35.0 Å². The molecule has 0 bridgehead atoms. The summed E-state index contributed by atoms with van der Waals surface area (Å²) >= 11 is 0. The molecule has 0 fully saturated rings. The zero-order valence-electron chi connectivity index (χ0n) is 15.4. The van der Waals surface area contributed by atoms with E-state index in [4.69, 9.17) is 0 Å². The number of nitrogens with one attached hydrogen (secondary N) is 1. The normalized spacial score (nSPS) is 14.3. The quantitative estimate of drug-likeness (QED) is 0.704. The number of pyridine rings is 1. The molecule has 0 spiro atoms. The van der Waals surface area contributed by atoms with Crippen LogP contribution < -0.4 is 10.3 Å². The molecule has 1 aliphatic rings. The summed E-state index contributed by atoms with van der Waals surface area (Å²) in [7, 11) is -2.37. The fourth-order valence-electron chi connectivity index (χ4n) is 3.81. The molecule has 0 saturated heterocycles. The van der Waals surface area contributed by atoms with Crippen molar-refractivity contribution in [3.63, 3.8) is 0 Å². The largest absolute Gasteiger partial charge is 0.416 e. The summed E-state index contributed by atoms with van der Waals surface area (Å²) in [5.74, 6) is 0. The molecule has 1 aromatic heterocycles. The van der Waals surface area contributed by atoms with E-state index < -0.39 is 21.8 Å². The lowest BCUT2D eigenvalue weighted by Gasteiger charge is -2.16. The van der Waals surface area contributed by atoms with Crippen molar-refractivity contribution in [3.05, 3.63) is 69.5 Å². The summed E-state index contributed by atoms with van der Waals surface area (Å²) in [6.45, 7) is 0. The molecule has 0 unspecified atom stereocenters. The molecule has 0 atom stereocenters. The Hall–Kier alpha value is -2.65. The van der Waals surface area contributed by atoms with Gasteiger partial charge in [-0.1, -0.05) is 0 Å². The molecule has 29 heavy (non-hydrogen) atoms. The van der Waals surface area contributed by atoms with E-state index >= 15 is 0 Å². The van der Waals surface area contributed by atoms with Gasteiger partial charge < -0.3 is 0 Å².